The van der Waals surface area contributed by atoms with E-state index in [1.807, 2.05) is 37.1 Å². The number of methoxy groups -OCH3 is 1. The van der Waals surface area contributed by atoms with Crippen molar-refractivity contribution in [3.63, 3.8) is 0 Å². The molecule has 0 aliphatic carbocycles. The van der Waals surface area contributed by atoms with E-state index >= 15 is 0 Å². The zero-order valence-corrected chi connectivity index (χ0v) is 12.6. The largest absolute Gasteiger partial charge is 0.497 e. The number of ether oxygens (including phenoxy) is 1. The molecule has 0 spiro atoms. The average molecular weight is 276 g/mol. The van der Waals surface area contributed by atoms with Crippen LogP contribution in [-0.2, 0) is 4.79 Å². The molecular weight excluding hydrogens is 252 g/mol. The number of rotatable bonds is 5. The predicted molar refractivity (Wildman–Crippen MR) is 79.8 cm³/mol. The SMILES string of the molecule is CNC(CN1CCCC(C)C1=O)c1cccc(OC)c1. The van der Waals surface area contributed by atoms with Gasteiger partial charge in [-0.25, -0.2) is 0 Å². The minimum atomic E-state index is 0.138. The van der Waals surface area contributed by atoms with Crippen LogP contribution in [-0.4, -0.2) is 38.1 Å². The molecule has 0 aromatic heterocycles. The Hall–Kier alpha value is -1.55. The minimum absolute atomic E-state index is 0.138. The van der Waals surface area contributed by atoms with Gasteiger partial charge in [-0.15, -0.1) is 0 Å². The molecule has 20 heavy (non-hydrogen) atoms. The number of hydrogen-bond acceptors (Lipinski definition) is 3. The Morgan fingerprint density at radius 1 is 1.50 bits per heavy atom. The first-order valence-electron chi connectivity index (χ1n) is 7.25. The fourth-order valence-corrected chi connectivity index (χ4v) is 2.76. The third-order valence-corrected chi connectivity index (χ3v) is 4.05. The zero-order valence-electron chi connectivity index (χ0n) is 12.6. The Kier molecular flexibility index (Phi) is 5.01. The third kappa shape index (κ3) is 3.31. The number of hydrogen-bond donors (Lipinski definition) is 1. The van der Waals surface area contributed by atoms with Crippen molar-refractivity contribution in [3.05, 3.63) is 29.8 Å². The Bertz CT molecular complexity index is 462. The van der Waals surface area contributed by atoms with E-state index in [1.54, 1.807) is 7.11 Å². The number of nitrogens with one attached hydrogen (secondary N) is 1. The first-order valence-corrected chi connectivity index (χ1v) is 7.25. The molecule has 2 atom stereocenters. The lowest BCUT2D eigenvalue weighted by Gasteiger charge is -2.33. The summed E-state index contributed by atoms with van der Waals surface area (Å²) in [5.41, 5.74) is 1.15. The molecular formula is C16H24N2O2. The first-order chi connectivity index (χ1) is 9.65. The molecule has 110 valence electrons. The summed E-state index contributed by atoms with van der Waals surface area (Å²) in [6.07, 6.45) is 2.11. The van der Waals surface area contributed by atoms with Gasteiger partial charge in [0.2, 0.25) is 5.91 Å². The van der Waals surface area contributed by atoms with Crippen molar-refractivity contribution in [2.45, 2.75) is 25.8 Å². The van der Waals surface area contributed by atoms with Crippen LogP contribution in [0.25, 0.3) is 0 Å². The van der Waals surface area contributed by atoms with Crippen LogP contribution in [0.3, 0.4) is 0 Å². The molecule has 4 heteroatoms. The van der Waals surface area contributed by atoms with E-state index < -0.39 is 0 Å². The summed E-state index contributed by atoms with van der Waals surface area (Å²) in [5.74, 6) is 1.28. The van der Waals surface area contributed by atoms with Crippen LogP contribution < -0.4 is 10.1 Å². The van der Waals surface area contributed by atoms with Gasteiger partial charge >= 0.3 is 0 Å². The predicted octanol–water partition coefficient (Wildman–Crippen LogP) is 2.21. The van der Waals surface area contributed by atoms with Crippen LogP contribution in [0.15, 0.2) is 24.3 Å². The second-order valence-electron chi connectivity index (χ2n) is 5.45. The summed E-state index contributed by atoms with van der Waals surface area (Å²) in [5, 5.41) is 3.30. The summed E-state index contributed by atoms with van der Waals surface area (Å²) in [7, 11) is 3.60. The standard InChI is InChI=1S/C16H24N2O2/c1-12-6-5-9-18(16(12)19)11-15(17-2)13-7-4-8-14(10-13)20-3/h4,7-8,10,12,15,17H,5-6,9,11H2,1-3H3. The minimum Gasteiger partial charge on any atom is -0.497 e. The molecule has 1 aromatic carbocycles. The first kappa shape index (κ1) is 14.9. The molecule has 1 N–H and O–H groups in total. The van der Waals surface area contributed by atoms with E-state index in [2.05, 4.69) is 11.4 Å². The van der Waals surface area contributed by atoms with Crippen LogP contribution in [0.2, 0.25) is 0 Å². The quantitative estimate of drug-likeness (QED) is 0.896. The van der Waals surface area contributed by atoms with Gasteiger partial charge < -0.3 is 15.0 Å². The summed E-state index contributed by atoms with van der Waals surface area (Å²) >= 11 is 0. The van der Waals surface area contributed by atoms with Crippen molar-refractivity contribution in [1.82, 2.24) is 10.2 Å². The highest BCUT2D eigenvalue weighted by Crippen LogP contribution is 2.23. The molecule has 1 aromatic rings. The molecule has 1 fully saturated rings. The molecule has 4 nitrogen and oxygen atoms in total. The van der Waals surface area contributed by atoms with E-state index in [1.165, 1.54) is 0 Å². The van der Waals surface area contributed by atoms with Gasteiger partial charge in [-0.05, 0) is 37.6 Å². The van der Waals surface area contributed by atoms with Crippen molar-refractivity contribution >= 4 is 5.91 Å². The maximum absolute atomic E-state index is 12.2. The highest BCUT2D eigenvalue weighted by molar-refractivity contribution is 5.79. The van der Waals surface area contributed by atoms with Crippen molar-refractivity contribution < 1.29 is 9.53 Å². The molecule has 1 aliphatic heterocycles. The van der Waals surface area contributed by atoms with Gasteiger partial charge in [-0.3, -0.25) is 4.79 Å². The smallest absolute Gasteiger partial charge is 0.225 e. The Balaban J connectivity index is 2.10. The monoisotopic (exact) mass is 276 g/mol. The van der Waals surface area contributed by atoms with Crippen LogP contribution in [0, 0.1) is 5.92 Å². The third-order valence-electron chi connectivity index (χ3n) is 4.05. The second kappa shape index (κ2) is 6.75. The van der Waals surface area contributed by atoms with Gasteiger partial charge in [0.25, 0.3) is 0 Å². The Morgan fingerprint density at radius 3 is 3.00 bits per heavy atom. The summed E-state index contributed by atoms with van der Waals surface area (Å²) < 4.78 is 5.27. The van der Waals surface area contributed by atoms with Crippen LogP contribution in [0.4, 0.5) is 0 Å². The highest BCUT2D eigenvalue weighted by Gasteiger charge is 2.27. The van der Waals surface area contributed by atoms with Gasteiger partial charge in [-0.2, -0.15) is 0 Å². The van der Waals surface area contributed by atoms with Gasteiger partial charge in [0.15, 0.2) is 0 Å². The molecule has 0 radical (unpaired) electrons. The van der Waals surface area contributed by atoms with Gasteiger partial charge in [-0.1, -0.05) is 19.1 Å². The van der Waals surface area contributed by atoms with Crippen LogP contribution >= 0.6 is 0 Å². The molecule has 1 saturated heterocycles. The topological polar surface area (TPSA) is 41.6 Å². The molecule has 1 amide bonds. The number of likely N-dealkylation sites (tertiary alicyclic amines) is 1. The van der Waals surface area contributed by atoms with Crippen LogP contribution in [0.1, 0.15) is 31.4 Å². The number of nitrogens with zero attached hydrogens (tertiary/aromatic N) is 1. The molecule has 1 aliphatic rings. The summed E-state index contributed by atoms with van der Waals surface area (Å²) in [4.78, 5) is 14.2. The molecule has 2 rings (SSSR count). The lowest BCUT2D eigenvalue weighted by atomic mass is 9.97. The van der Waals surface area contributed by atoms with Crippen molar-refractivity contribution in [3.8, 4) is 5.75 Å². The van der Waals surface area contributed by atoms with Crippen molar-refractivity contribution in [2.75, 3.05) is 27.2 Å². The summed E-state index contributed by atoms with van der Waals surface area (Å²) in [6.45, 7) is 3.60. The highest BCUT2D eigenvalue weighted by atomic mass is 16.5. The van der Waals surface area contributed by atoms with Crippen LogP contribution in [0.5, 0.6) is 5.75 Å². The lowest BCUT2D eigenvalue weighted by molar-refractivity contribution is -0.138. The number of carbonyl (C=O) groups excluding carboxylic acids is 1. The number of likely N-dealkylation sites (N-methyl/N-ethyl adjacent to an activating group) is 1. The molecule has 0 bridgehead atoms. The number of piperidine rings is 1. The number of amides is 1. The molecule has 1 heterocycles. The van der Waals surface area contributed by atoms with E-state index in [0.29, 0.717) is 6.54 Å². The number of carbonyl (C=O) groups is 1. The molecule has 2 unspecified atom stereocenters. The van der Waals surface area contributed by atoms with E-state index in [4.69, 9.17) is 4.74 Å². The fourth-order valence-electron chi connectivity index (χ4n) is 2.76. The van der Waals surface area contributed by atoms with Gasteiger partial charge in [0.05, 0.1) is 7.11 Å². The fraction of sp³-hybridized carbons (Fsp3) is 0.562. The Labute approximate surface area is 121 Å². The normalized spacial score (nSPS) is 20.9. The maximum atomic E-state index is 12.2. The van der Waals surface area contributed by atoms with Gasteiger partial charge in [0.1, 0.15) is 5.75 Å². The van der Waals surface area contributed by atoms with Gasteiger partial charge in [0, 0.05) is 25.0 Å². The van der Waals surface area contributed by atoms with E-state index in [0.717, 1.165) is 30.7 Å². The Morgan fingerprint density at radius 2 is 2.30 bits per heavy atom. The van der Waals surface area contributed by atoms with E-state index in [-0.39, 0.29) is 17.9 Å². The molecule has 0 saturated carbocycles. The zero-order chi connectivity index (χ0) is 14.5. The van der Waals surface area contributed by atoms with Crippen molar-refractivity contribution in [1.29, 1.82) is 0 Å². The maximum Gasteiger partial charge on any atom is 0.225 e. The average Bonchev–Trinajstić information content (AvgIpc) is 2.49. The van der Waals surface area contributed by atoms with E-state index in [9.17, 15) is 4.79 Å². The van der Waals surface area contributed by atoms with Crippen molar-refractivity contribution in [2.24, 2.45) is 5.92 Å². The second-order valence-corrected chi connectivity index (χ2v) is 5.45. The summed E-state index contributed by atoms with van der Waals surface area (Å²) in [6, 6.07) is 8.16. The lowest BCUT2D eigenvalue weighted by Crippen LogP contribution is -2.44. The number of benzene rings is 1.